The molecule has 0 spiro atoms. The summed E-state index contributed by atoms with van der Waals surface area (Å²) in [6.45, 7) is 3.55. The number of piperidine rings is 1. The van der Waals surface area contributed by atoms with E-state index >= 15 is 0 Å². The van der Waals surface area contributed by atoms with Gasteiger partial charge in [-0.2, -0.15) is 0 Å². The molecule has 1 aromatic carbocycles. The molecule has 7 heteroatoms. The van der Waals surface area contributed by atoms with Gasteiger partial charge in [-0.15, -0.1) is 0 Å². The van der Waals surface area contributed by atoms with Gasteiger partial charge in [0.15, 0.2) is 0 Å². The zero-order chi connectivity index (χ0) is 16.8. The Morgan fingerprint density at radius 2 is 2.04 bits per heavy atom. The molecule has 6 nitrogen and oxygen atoms in total. The SMILES string of the molecule is CCOc1ccc(NC(=O)N2CCC(C(=O)NC)CC2)cc1Cl. The van der Waals surface area contributed by atoms with Crippen LogP contribution in [0.15, 0.2) is 18.2 Å². The smallest absolute Gasteiger partial charge is 0.321 e. The fourth-order valence-corrected chi connectivity index (χ4v) is 2.84. The molecular formula is C16H22ClN3O3. The Hall–Kier alpha value is -1.95. The second-order valence-electron chi connectivity index (χ2n) is 5.38. The highest BCUT2D eigenvalue weighted by atomic mass is 35.5. The molecule has 0 radical (unpaired) electrons. The molecule has 0 atom stereocenters. The number of carbonyl (C=O) groups is 2. The Bertz CT molecular complexity index is 572. The van der Waals surface area contributed by atoms with Gasteiger partial charge in [-0.25, -0.2) is 4.79 Å². The zero-order valence-corrected chi connectivity index (χ0v) is 14.2. The summed E-state index contributed by atoms with van der Waals surface area (Å²) in [7, 11) is 1.64. The van der Waals surface area contributed by atoms with Crippen LogP contribution in [-0.4, -0.2) is 43.6 Å². The predicted molar refractivity (Wildman–Crippen MR) is 90.0 cm³/mol. The van der Waals surface area contributed by atoms with Crippen molar-refractivity contribution in [3.05, 3.63) is 23.2 Å². The molecule has 3 amide bonds. The van der Waals surface area contributed by atoms with E-state index in [0.29, 0.717) is 49.0 Å². The molecule has 2 N–H and O–H groups in total. The molecule has 0 bridgehead atoms. The van der Waals surface area contributed by atoms with Crippen LogP contribution >= 0.6 is 11.6 Å². The van der Waals surface area contributed by atoms with Crippen LogP contribution in [0.1, 0.15) is 19.8 Å². The van der Waals surface area contributed by atoms with Crippen LogP contribution in [0.25, 0.3) is 0 Å². The van der Waals surface area contributed by atoms with Crippen molar-refractivity contribution in [2.75, 3.05) is 32.1 Å². The van der Waals surface area contributed by atoms with Gasteiger partial charge < -0.3 is 20.3 Å². The van der Waals surface area contributed by atoms with Crippen LogP contribution in [0.2, 0.25) is 5.02 Å². The van der Waals surface area contributed by atoms with E-state index in [4.69, 9.17) is 16.3 Å². The molecule has 1 heterocycles. The predicted octanol–water partition coefficient (Wildman–Crippen LogP) is 2.73. The summed E-state index contributed by atoms with van der Waals surface area (Å²) in [6.07, 6.45) is 1.36. The summed E-state index contributed by atoms with van der Waals surface area (Å²) < 4.78 is 5.36. The van der Waals surface area contributed by atoms with Gasteiger partial charge >= 0.3 is 6.03 Å². The second kappa shape index (κ2) is 8.06. The summed E-state index contributed by atoms with van der Waals surface area (Å²) >= 11 is 6.11. The highest BCUT2D eigenvalue weighted by molar-refractivity contribution is 6.32. The average Bonchev–Trinajstić information content (AvgIpc) is 2.57. The number of anilines is 1. The van der Waals surface area contributed by atoms with Crippen LogP contribution in [0.3, 0.4) is 0 Å². The first-order valence-electron chi connectivity index (χ1n) is 7.75. The Morgan fingerprint density at radius 1 is 1.35 bits per heavy atom. The minimum Gasteiger partial charge on any atom is -0.492 e. The minimum atomic E-state index is -0.180. The number of urea groups is 1. The monoisotopic (exact) mass is 339 g/mol. The fourth-order valence-electron chi connectivity index (χ4n) is 2.60. The third kappa shape index (κ3) is 4.51. The molecule has 0 unspecified atom stereocenters. The first-order valence-corrected chi connectivity index (χ1v) is 8.12. The standard InChI is InChI=1S/C16H22ClN3O3/c1-3-23-14-5-4-12(10-13(14)17)19-16(22)20-8-6-11(7-9-20)15(21)18-2/h4-5,10-11H,3,6-9H2,1-2H3,(H,18,21)(H,19,22). The van der Waals surface area contributed by atoms with Crippen molar-refractivity contribution >= 4 is 29.2 Å². The third-order valence-electron chi connectivity index (χ3n) is 3.88. The lowest BCUT2D eigenvalue weighted by molar-refractivity contribution is -0.125. The number of likely N-dealkylation sites (tertiary alicyclic amines) is 1. The largest absolute Gasteiger partial charge is 0.492 e. The number of ether oxygens (including phenoxy) is 1. The lowest BCUT2D eigenvalue weighted by Crippen LogP contribution is -2.44. The normalized spacial score (nSPS) is 15.2. The Balaban J connectivity index is 1.90. The van der Waals surface area contributed by atoms with Crippen molar-refractivity contribution in [1.82, 2.24) is 10.2 Å². The van der Waals surface area contributed by atoms with Gasteiger partial charge in [0.1, 0.15) is 5.75 Å². The number of amides is 3. The highest BCUT2D eigenvalue weighted by Gasteiger charge is 2.26. The summed E-state index contributed by atoms with van der Waals surface area (Å²) in [5.41, 5.74) is 0.622. The highest BCUT2D eigenvalue weighted by Crippen LogP contribution is 2.28. The Kier molecular flexibility index (Phi) is 6.10. The van der Waals surface area contributed by atoms with E-state index in [1.54, 1.807) is 30.1 Å². The molecule has 1 aliphatic rings. The number of hydrogen-bond acceptors (Lipinski definition) is 3. The number of halogens is 1. The first kappa shape index (κ1) is 17.4. The number of carbonyl (C=O) groups excluding carboxylic acids is 2. The van der Waals surface area contributed by atoms with Gasteiger partial charge in [0, 0.05) is 31.7 Å². The number of hydrogen-bond donors (Lipinski definition) is 2. The number of rotatable bonds is 4. The van der Waals surface area contributed by atoms with Crippen molar-refractivity contribution in [3.63, 3.8) is 0 Å². The van der Waals surface area contributed by atoms with E-state index < -0.39 is 0 Å². The van der Waals surface area contributed by atoms with Gasteiger partial charge in [0.25, 0.3) is 0 Å². The first-order chi connectivity index (χ1) is 11.0. The third-order valence-corrected chi connectivity index (χ3v) is 4.18. The summed E-state index contributed by atoms with van der Waals surface area (Å²) in [5, 5.41) is 5.94. The van der Waals surface area contributed by atoms with Crippen molar-refractivity contribution in [2.24, 2.45) is 5.92 Å². The van der Waals surface area contributed by atoms with Crippen molar-refractivity contribution in [3.8, 4) is 5.75 Å². The average molecular weight is 340 g/mol. The maximum absolute atomic E-state index is 12.3. The fraction of sp³-hybridized carbons (Fsp3) is 0.500. The van der Waals surface area contributed by atoms with Gasteiger partial charge in [-0.3, -0.25) is 4.79 Å². The molecular weight excluding hydrogens is 318 g/mol. The van der Waals surface area contributed by atoms with Gasteiger partial charge in [-0.1, -0.05) is 11.6 Å². The number of benzene rings is 1. The van der Waals surface area contributed by atoms with E-state index in [1.165, 1.54) is 0 Å². The summed E-state index contributed by atoms with van der Waals surface area (Å²) in [4.78, 5) is 25.6. The van der Waals surface area contributed by atoms with Crippen LogP contribution in [0, 0.1) is 5.92 Å². The lowest BCUT2D eigenvalue weighted by Gasteiger charge is -2.31. The molecule has 23 heavy (non-hydrogen) atoms. The van der Waals surface area contributed by atoms with Crippen LogP contribution < -0.4 is 15.4 Å². The van der Waals surface area contributed by atoms with Gasteiger partial charge in [0.2, 0.25) is 5.91 Å². The molecule has 1 fully saturated rings. The van der Waals surface area contributed by atoms with E-state index in [0.717, 1.165) is 0 Å². The van der Waals surface area contributed by atoms with Crippen molar-refractivity contribution < 1.29 is 14.3 Å². The number of nitrogens with one attached hydrogen (secondary N) is 2. The molecule has 1 aromatic rings. The maximum atomic E-state index is 12.3. The van der Waals surface area contributed by atoms with Crippen molar-refractivity contribution in [2.45, 2.75) is 19.8 Å². The van der Waals surface area contributed by atoms with Crippen LogP contribution in [0.5, 0.6) is 5.75 Å². The molecule has 1 saturated heterocycles. The minimum absolute atomic E-state index is 0.0102. The van der Waals surface area contributed by atoms with Crippen LogP contribution in [-0.2, 0) is 4.79 Å². The summed E-state index contributed by atoms with van der Waals surface area (Å²) in [6, 6.07) is 4.98. The quantitative estimate of drug-likeness (QED) is 0.886. The second-order valence-corrected chi connectivity index (χ2v) is 5.79. The molecule has 1 aliphatic heterocycles. The zero-order valence-electron chi connectivity index (χ0n) is 13.4. The van der Waals surface area contributed by atoms with E-state index in [9.17, 15) is 9.59 Å². The molecule has 0 aliphatic carbocycles. The summed E-state index contributed by atoms with van der Waals surface area (Å²) in [5.74, 6) is 0.630. The van der Waals surface area contributed by atoms with Gasteiger partial charge in [-0.05, 0) is 38.0 Å². The van der Waals surface area contributed by atoms with Gasteiger partial charge in [0.05, 0.1) is 11.6 Å². The van der Waals surface area contributed by atoms with Crippen molar-refractivity contribution in [1.29, 1.82) is 0 Å². The molecule has 0 saturated carbocycles. The molecule has 126 valence electrons. The maximum Gasteiger partial charge on any atom is 0.321 e. The van der Waals surface area contributed by atoms with Crippen LogP contribution in [0.4, 0.5) is 10.5 Å². The Labute approximate surface area is 141 Å². The van der Waals surface area contributed by atoms with E-state index in [1.807, 2.05) is 6.92 Å². The lowest BCUT2D eigenvalue weighted by atomic mass is 9.96. The topological polar surface area (TPSA) is 70.7 Å². The Morgan fingerprint density at radius 3 is 2.61 bits per heavy atom. The molecule has 0 aromatic heterocycles. The molecule has 2 rings (SSSR count). The number of nitrogens with zero attached hydrogens (tertiary/aromatic N) is 1. The van der Waals surface area contributed by atoms with E-state index in [2.05, 4.69) is 10.6 Å². The van der Waals surface area contributed by atoms with E-state index in [-0.39, 0.29) is 17.9 Å².